The molecule has 1 saturated heterocycles. The molecule has 4 heteroatoms. The Morgan fingerprint density at radius 1 is 1.08 bits per heavy atom. The van der Waals surface area contributed by atoms with E-state index in [0.717, 1.165) is 17.9 Å². The fourth-order valence-corrected chi connectivity index (χ4v) is 4.53. The van der Waals surface area contributed by atoms with Gasteiger partial charge in [0, 0.05) is 17.6 Å². The van der Waals surface area contributed by atoms with Gasteiger partial charge in [0.2, 0.25) is 5.91 Å². The summed E-state index contributed by atoms with van der Waals surface area (Å²) in [6.45, 7) is 3.19. The summed E-state index contributed by atoms with van der Waals surface area (Å²) in [4.78, 5) is 15.2. The van der Waals surface area contributed by atoms with Crippen molar-refractivity contribution in [2.45, 2.75) is 63.3 Å². The van der Waals surface area contributed by atoms with Gasteiger partial charge < -0.3 is 10.1 Å². The third-order valence-corrected chi connectivity index (χ3v) is 5.97. The number of nitrogens with zero attached hydrogens (tertiary/aromatic N) is 1. The SMILES string of the molecule is COc1ccccc1CC(=O)NCC1(N2CCCCC2)CCCCC1. The number of para-hydroxylation sites is 1. The van der Waals surface area contributed by atoms with E-state index in [1.165, 1.54) is 64.5 Å². The van der Waals surface area contributed by atoms with E-state index >= 15 is 0 Å². The van der Waals surface area contributed by atoms with Crippen LogP contribution in [0, 0.1) is 0 Å². The molecule has 2 aliphatic rings. The third-order valence-electron chi connectivity index (χ3n) is 5.97. The van der Waals surface area contributed by atoms with E-state index in [1.54, 1.807) is 7.11 Å². The normalized spacial score (nSPS) is 20.8. The molecular formula is C21H32N2O2. The lowest BCUT2D eigenvalue weighted by Crippen LogP contribution is -2.58. The average molecular weight is 344 g/mol. The van der Waals surface area contributed by atoms with E-state index in [4.69, 9.17) is 4.74 Å². The Balaban J connectivity index is 1.61. The molecule has 1 aliphatic heterocycles. The number of likely N-dealkylation sites (tertiary alicyclic amines) is 1. The lowest BCUT2D eigenvalue weighted by Gasteiger charge is -2.48. The summed E-state index contributed by atoms with van der Waals surface area (Å²) in [6.07, 6.45) is 10.7. The van der Waals surface area contributed by atoms with Crippen LogP contribution in [0.15, 0.2) is 24.3 Å². The first-order chi connectivity index (χ1) is 12.2. The molecule has 1 amide bonds. The van der Waals surface area contributed by atoms with Crippen LogP contribution in [0.3, 0.4) is 0 Å². The Labute approximate surface area is 151 Å². The minimum Gasteiger partial charge on any atom is -0.496 e. The van der Waals surface area contributed by atoms with Crippen molar-refractivity contribution < 1.29 is 9.53 Å². The Morgan fingerprint density at radius 3 is 2.48 bits per heavy atom. The number of benzene rings is 1. The molecule has 1 heterocycles. The molecule has 3 rings (SSSR count). The Hall–Kier alpha value is -1.55. The predicted molar refractivity (Wildman–Crippen MR) is 101 cm³/mol. The molecule has 1 aliphatic carbocycles. The van der Waals surface area contributed by atoms with Gasteiger partial charge in [0.1, 0.15) is 5.75 Å². The second kappa shape index (κ2) is 8.70. The second-order valence-corrected chi connectivity index (χ2v) is 7.60. The van der Waals surface area contributed by atoms with E-state index in [-0.39, 0.29) is 11.4 Å². The molecule has 0 unspecified atom stereocenters. The molecule has 2 fully saturated rings. The van der Waals surface area contributed by atoms with Crippen LogP contribution < -0.4 is 10.1 Å². The highest BCUT2D eigenvalue weighted by Gasteiger charge is 2.38. The van der Waals surface area contributed by atoms with Gasteiger partial charge in [-0.15, -0.1) is 0 Å². The summed E-state index contributed by atoms with van der Waals surface area (Å²) < 4.78 is 5.37. The van der Waals surface area contributed by atoms with Crippen LogP contribution in [0.5, 0.6) is 5.75 Å². The molecule has 1 saturated carbocycles. The molecule has 4 nitrogen and oxygen atoms in total. The van der Waals surface area contributed by atoms with Gasteiger partial charge in [-0.1, -0.05) is 43.9 Å². The zero-order valence-corrected chi connectivity index (χ0v) is 15.6. The van der Waals surface area contributed by atoms with Gasteiger partial charge in [0.05, 0.1) is 13.5 Å². The van der Waals surface area contributed by atoms with Gasteiger partial charge in [-0.25, -0.2) is 0 Å². The van der Waals surface area contributed by atoms with Crippen molar-refractivity contribution in [1.82, 2.24) is 10.2 Å². The zero-order chi connectivity index (χ0) is 17.5. The highest BCUT2D eigenvalue weighted by molar-refractivity contribution is 5.79. The summed E-state index contributed by atoms with van der Waals surface area (Å²) in [5.41, 5.74) is 1.15. The fraction of sp³-hybridized carbons (Fsp3) is 0.667. The Bertz CT molecular complexity index is 561. The van der Waals surface area contributed by atoms with Crippen molar-refractivity contribution in [3.63, 3.8) is 0 Å². The maximum Gasteiger partial charge on any atom is 0.224 e. The smallest absolute Gasteiger partial charge is 0.224 e. The predicted octanol–water partition coefficient (Wildman–Crippen LogP) is 3.54. The summed E-state index contributed by atoms with van der Waals surface area (Å²) in [6, 6.07) is 7.79. The van der Waals surface area contributed by atoms with Crippen LogP contribution in [0.25, 0.3) is 0 Å². The van der Waals surface area contributed by atoms with Gasteiger partial charge in [0.25, 0.3) is 0 Å². The van der Waals surface area contributed by atoms with Crippen molar-refractivity contribution in [2.75, 3.05) is 26.7 Å². The van der Waals surface area contributed by atoms with E-state index in [1.807, 2.05) is 24.3 Å². The number of nitrogens with one attached hydrogen (secondary N) is 1. The largest absolute Gasteiger partial charge is 0.496 e. The molecule has 1 aromatic rings. The van der Waals surface area contributed by atoms with Crippen molar-refractivity contribution in [3.8, 4) is 5.75 Å². The van der Waals surface area contributed by atoms with E-state index in [2.05, 4.69) is 10.2 Å². The Kier molecular flexibility index (Phi) is 6.35. The van der Waals surface area contributed by atoms with Crippen molar-refractivity contribution in [3.05, 3.63) is 29.8 Å². The quantitative estimate of drug-likeness (QED) is 0.858. The standard InChI is InChI=1S/C21H32N2O2/c1-25-19-11-5-4-10-18(19)16-20(24)22-17-21(12-6-2-7-13-21)23-14-8-3-9-15-23/h4-5,10-11H,2-3,6-9,12-17H2,1H3,(H,22,24). The van der Waals surface area contributed by atoms with Gasteiger partial charge in [-0.3, -0.25) is 9.69 Å². The number of methoxy groups -OCH3 is 1. The van der Waals surface area contributed by atoms with E-state index in [9.17, 15) is 4.79 Å². The lowest BCUT2D eigenvalue weighted by atomic mass is 9.79. The number of hydrogen-bond acceptors (Lipinski definition) is 3. The van der Waals surface area contributed by atoms with Crippen LogP contribution in [-0.2, 0) is 11.2 Å². The van der Waals surface area contributed by atoms with Gasteiger partial charge in [-0.05, 0) is 44.8 Å². The number of amides is 1. The first kappa shape index (κ1) is 18.2. The molecule has 0 bridgehead atoms. The fourth-order valence-electron chi connectivity index (χ4n) is 4.53. The number of ether oxygens (including phenoxy) is 1. The van der Waals surface area contributed by atoms with Crippen LogP contribution >= 0.6 is 0 Å². The molecule has 0 atom stereocenters. The average Bonchev–Trinajstić information content (AvgIpc) is 2.68. The zero-order valence-electron chi connectivity index (χ0n) is 15.6. The highest BCUT2D eigenvalue weighted by Crippen LogP contribution is 2.35. The molecule has 0 aromatic heterocycles. The van der Waals surface area contributed by atoms with Gasteiger partial charge in [0.15, 0.2) is 0 Å². The molecule has 0 spiro atoms. The van der Waals surface area contributed by atoms with E-state index in [0.29, 0.717) is 6.42 Å². The number of piperidine rings is 1. The van der Waals surface area contributed by atoms with Crippen molar-refractivity contribution in [2.24, 2.45) is 0 Å². The molecule has 0 radical (unpaired) electrons. The summed E-state index contributed by atoms with van der Waals surface area (Å²) in [5.74, 6) is 0.896. The van der Waals surface area contributed by atoms with Gasteiger partial charge in [-0.2, -0.15) is 0 Å². The monoisotopic (exact) mass is 344 g/mol. The number of carbonyl (C=O) groups excluding carboxylic acids is 1. The molecule has 138 valence electrons. The molecule has 1 N–H and O–H groups in total. The maximum atomic E-state index is 12.6. The molecule has 1 aromatic carbocycles. The summed E-state index contributed by atoms with van der Waals surface area (Å²) in [5, 5.41) is 3.25. The molecule has 25 heavy (non-hydrogen) atoms. The van der Waals surface area contributed by atoms with Crippen LogP contribution in [0.2, 0.25) is 0 Å². The maximum absolute atomic E-state index is 12.6. The molecular weight excluding hydrogens is 312 g/mol. The first-order valence-corrected chi connectivity index (χ1v) is 9.87. The third kappa shape index (κ3) is 4.55. The first-order valence-electron chi connectivity index (χ1n) is 9.87. The van der Waals surface area contributed by atoms with Crippen LogP contribution in [0.1, 0.15) is 56.9 Å². The number of rotatable bonds is 6. The Morgan fingerprint density at radius 2 is 1.76 bits per heavy atom. The van der Waals surface area contributed by atoms with Gasteiger partial charge >= 0.3 is 0 Å². The van der Waals surface area contributed by atoms with Crippen LogP contribution in [0.4, 0.5) is 0 Å². The minimum atomic E-state index is 0.103. The van der Waals surface area contributed by atoms with Crippen molar-refractivity contribution >= 4 is 5.91 Å². The number of carbonyl (C=O) groups is 1. The van der Waals surface area contributed by atoms with Crippen LogP contribution in [-0.4, -0.2) is 43.1 Å². The second-order valence-electron chi connectivity index (χ2n) is 7.60. The number of hydrogen-bond donors (Lipinski definition) is 1. The topological polar surface area (TPSA) is 41.6 Å². The summed E-state index contributed by atoms with van der Waals surface area (Å²) in [7, 11) is 1.66. The minimum absolute atomic E-state index is 0.103. The highest BCUT2D eigenvalue weighted by atomic mass is 16.5. The lowest BCUT2D eigenvalue weighted by molar-refractivity contribution is -0.121. The van der Waals surface area contributed by atoms with E-state index < -0.39 is 0 Å². The summed E-state index contributed by atoms with van der Waals surface area (Å²) >= 11 is 0. The van der Waals surface area contributed by atoms with Crippen molar-refractivity contribution in [1.29, 1.82) is 0 Å².